The Bertz CT molecular complexity index is 415. The van der Waals surface area contributed by atoms with Crippen molar-refractivity contribution < 1.29 is 4.39 Å². The first-order chi connectivity index (χ1) is 8.24. The molecule has 1 heterocycles. The number of benzene rings is 1. The Morgan fingerprint density at radius 2 is 2.06 bits per heavy atom. The molecule has 2 aliphatic rings. The molecule has 1 aliphatic carbocycles. The van der Waals surface area contributed by atoms with Gasteiger partial charge in [-0.1, -0.05) is 12.5 Å². The van der Waals surface area contributed by atoms with Crippen LogP contribution in [0.2, 0.25) is 0 Å². The van der Waals surface area contributed by atoms with E-state index < -0.39 is 0 Å². The van der Waals surface area contributed by atoms with Gasteiger partial charge in [-0.05, 0) is 61.8 Å². The SMILES string of the molecule is Cc1ccc(F)cc1C1CCC2CCCC2N1. The molecule has 1 aliphatic heterocycles. The van der Waals surface area contributed by atoms with Gasteiger partial charge in [0, 0.05) is 12.1 Å². The Morgan fingerprint density at radius 1 is 1.18 bits per heavy atom. The van der Waals surface area contributed by atoms with Crippen LogP contribution >= 0.6 is 0 Å². The predicted octanol–water partition coefficient (Wildman–Crippen LogP) is 3.73. The van der Waals surface area contributed by atoms with Crippen molar-refractivity contribution in [1.82, 2.24) is 5.32 Å². The van der Waals surface area contributed by atoms with Gasteiger partial charge in [-0.2, -0.15) is 0 Å². The summed E-state index contributed by atoms with van der Waals surface area (Å²) < 4.78 is 13.3. The van der Waals surface area contributed by atoms with Crippen LogP contribution in [0.1, 0.15) is 49.3 Å². The fraction of sp³-hybridized carbons (Fsp3) is 0.600. The second-order valence-electron chi connectivity index (χ2n) is 5.59. The van der Waals surface area contributed by atoms with Gasteiger partial charge in [0.2, 0.25) is 0 Å². The maximum Gasteiger partial charge on any atom is 0.123 e. The highest BCUT2D eigenvalue weighted by Crippen LogP contribution is 2.38. The molecule has 2 heteroatoms. The molecule has 1 N–H and O–H groups in total. The molecule has 1 saturated carbocycles. The highest BCUT2D eigenvalue weighted by molar-refractivity contribution is 5.30. The lowest BCUT2D eigenvalue weighted by molar-refractivity contribution is 0.260. The maximum atomic E-state index is 13.3. The molecule has 0 amide bonds. The first kappa shape index (κ1) is 11.2. The molecule has 3 rings (SSSR count). The van der Waals surface area contributed by atoms with Crippen molar-refractivity contribution >= 4 is 0 Å². The quantitative estimate of drug-likeness (QED) is 0.779. The second-order valence-corrected chi connectivity index (χ2v) is 5.59. The van der Waals surface area contributed by atoms with Crippen LogP contribution in [-0.2, 0) is 0 Å². The molecule has 1 aromatic carbocycles. The Kier molecular flexibility index (Phi) is 2.91. The molecule has 1 aromatic rings. The van der Waals surface area contributed by atoms with E-state index in [0.29, 0.717) is 12.1 Å². The Labute approximate surface area is 102 Å². The molecular formula is C15H20FN. The van der Waals surface area contributed by atoms with Crippen molar-refractivity contribution in [1.29, 1.82) is 0 Å². The van der Waals surface area contributed by atoms with Gasteiger partial charge in [-0.25, -0.2) is 4.39 Å². The van der Waals surface area contributed by atoms with Crippen molar-refractivity contribution in [3.05, 3.63) is 35.1 Å². The van der Waals surface area contributed by atoms with E-state index in [0.717, 1.165) is 17.9 Å². The monoisotopic (exact) mass is 233 g/mol. The third-order valence-corrected chi connectivity index (χ3v) is 4.52. The number of nitrogens with one attached hydrogen (secondary N) is 1. The molecule has 17 heavy (non-hydrogen) atoms. The Hall–Kier alpha value is -0.890. The standard InChI is InChI=1S/C15H20FN/c1-10-5-7-12(16)9-13(10)15-8-6-11-3-2-4-14(11)17-15/h5,7,9,11,14-15,17H,2-4,6,8H2,1H3. The smallest absolute Gasteiger partial charge is 0.123 e. The fourth-order valence-corrected chi connectivity index (χ4v) is 3.56. The molecule has 1 nitrogen and oxygen atoms in total. The summed E-state index contributed by atoms with van der Waals surface area (Å²) >= 11 is 0. The summed E-state index contributed by atoms with van der Waals surface area (Å²) in [5.41, 5.74) is 2.37. The van der Waals surface area contributed by atoms with Crippen LogP contribution in [0.5, 0.6) is 0 Å². The number of halogens is 1. The zero-order chi connectivity index (χ0) is 11.8. The van der Waals surface area contributed by atoms with Crippen LogP contribution < -0.4 is 5.32 Å². The lowest BCUT2D eigenvalue weighted by atomic mass is 9.86. The van der Waals surface area contributed by atoms with E-state index in [2.05, 4.69) is 12.2 Å². The molecule has 0 bridgehead atoms. The van der Waals surface area contributed by atoms with Gasteiger partial charge in [0.25, 0.3) is 0 Å². The number of fused-ring (bicyclic) bond motifs is 1. The van der Waals surface area contributed by atoms with Crippen LogP contribution in [0.4, 0.5) is 4.39 Å². The van der Waals surface area contributed by atoms with Crippen LogP contribution in [0, 0.1) is 18.7 Å². The minimum atomic E-state index is -0.110. The summed E-state index contributed by atoms with van der Waals surface area (Å²) in [6.45, 7) is 2.08. The average Bonchev–Trinajstić information content (AvgIpc) is 2.79. The summed E-state index contributed by atoms with van der Waals surface area (Å²) in [7, 11) is 0. The van der Waals surface area contributed by atoms with Gasteiger partial charge in [0.1, 0.15) is 5.82 Å². The lowest BCUT2D eigenvalue weighted by Gasteiger charge is -2.34. The zero-order valence-corrected chi connectivity index (χ0v) is 10.4. The predicted molar refractivity (Wildman–Crippen MR) is 67.4 cm³/mol. The maximum absolute atomic E-state index is 13.3. The van der Waals surface area contributed by atoms with Crippen LogP contribution in [0.25, 0.3) is 0 Å². The number of piperidine rings is 1. The third kappa shape index (κ3) is 2.11. The normalized spacial score (nSPS) is 32.5. The molecule has 0 spiro atoms. The van der Waals surface area contributed by atoms with Crippen molar-refractivity contribution in [2.75, 3.05) is 0 Å². The Balaban J connectivity index is 1.82. The number of hydrogen-bond acceptors (Lipinski definition) is 1. The molecule has 3 unspecified atom stereocenters. The van der Waals surface area contributed by atoms with Crippen molar-refractivity contribution in [3.63, 3.8) is 0 Å². The molecular weight excluding hydrogens is 213 g/mol. The van der Waals surface area contributed by atoms with E-state index in [1.165, 1.54) is 31.2 Å². The lowest BCUT2D eigenvalue weighted by Crippen LogP contribution is -2.40. The minimum absolute atomic E-state index is 0.110. The van der Waals surface area contributed by atoms with Gasteiger partial charge in [0.05, 0.1) is 0 Å². The molecule has 2 fully saturated rings. The van der Waals surface area contributed by atoms with Crippen molar-refractivity contribution in [3.8, 4) is 0 Å². The molecule has 92 valence electrons. The van der Waals surface area contributed by atoms with E-state index >= 15 is 0 Å². The third-order valence-electron chi connectivity index (χ3n) is 4.52. The van der Waals surface area contributed by atoms with E-state index in [-0.39, 0.29) is 5.82 Å². The van der Waals surface area contributed by atoms with Crippen molar-refractivity contribution in [2.24, 2.45) is 5.92 Å². The molecule has 1 saturated heterocycles. The summed E-state index contributed by atoms with van der Waals surface area (Å²) in [4.78, 5) is 0. The van der Waals surface area contributed by atoms with Crippen LogP contribution in [0.15, 0.2) is 18.2 Å². The number of rotatable bonds is 1. The van der Waals surface area contributed by atoms with Crippen LogP contribution in [-0.4, -0.2) is 6.04 Å². The number of aryl methyl sites for hydroxylation is 1. The summed E-state index contributed by atoms with van der Waals surface area (Å²) in [6, 6.07) is 6.21. The van der Waals surface area contributed by atoms with Gasteiger partial charge >= 0.3 is 0 Å². The average molecular weight is 233 g/mol. The van der Waals surface area contributed by atoms with Gasteiger partial charge in [0.15, 0.2) is 0 Å². The minimum Gasteiger partial charge on any atom is -0.307 e. The van der Waals surface area contributed by atoms with Crippen LogP contribution in [0.3, 0.4) is 0 Å². The summed E-state index contributed by atoms with van der Waals surface area (Å²) in [6.07, 6.45) is 6.50. The first-order valence-electron chi connectivity index (χ1n) is 6.76. The fourth-order valence-electron chi connectivity index (χ4n) is 3.56. The van der Waals surface area contributed by atoms with E-state index in [1.807, 2.05) is 6.07 Å². The highest BCUT2D eigenvalue weighted by Gasteiger charge is 2.34. The summed E-state index contributed by atoms with van der Waals surface area (Å²) in [5.74, 6) is 0.765. The molecule has 0 aromatic heterocycles. The van der Waals surface area contributed by atoms with Gasteiger partial charge < -0.3 is 5.32 Å². The Morgan fingerprint density at radius 3 is 2.94 bits per heavy atom. The molecule has 3 atom stereocenters. The molecule has 0 radical (unpaired) electrons. The number of hydrogen-bond donors (Lipinski definition) is 1. The zero-order valence-electron chi connectivity index (χ0n) is 10.4. The van der Waals surface area contributed by atoms with Gasteiger partial charge in [-0.15, -0.1) is 0 Å². The first-order valence-corrected chi connectivity index (χ1v) is 6.76. The van der Waals surface area contributed by atoms with Gasteiger partial charge in [-0.3, -0.25) is 0 Å². The summed E-state index contributed by atoms with van der Waals surface area (Å²) in [5, 5.41) is 3.73. The van der Waals surface area contributed by atoms with E-state index in [1.54, 1.807) is 12.1 Å². The van der Waals surface area contributed by atoms with E-state index in [9.17, 15) is 4.39 Å². The van der Waals surface area contributed by atoms with E-state index in [4.69, 9.17) is 0 Å². The highest BCUT2D eigenvalue weighted by atomic mass is 19.1. The largest absolute Gasteiger partial charge is 0.307 e. The topological polar surface area (TPSA) is 12.0 Å². The van der Waals surface area contributed by atoms with Crippen molar-refractivity contribution in [2.45, 2.75) is 51.1 Å². The second kappa shape index (κ2) is 4.41.